The lowest BCUT2D eigenvalue weighted by Gasteiger charge is -2.27. The zero-order valence-electron chi connectivity index (χ0n) is 13.1. The molecule has 5 nitrogen and oxygen atoms in total. The van der Waals surface area contributed by atoms with Crippen LogP contribution < -0.4 is 0 Å². The van der Waals surface area contributed by atoms with E-state index in [0.29, 0.717) is 5.56 Å². The Labute approximate surface area is 145 Å². The predicted octanol–water partition coefficient (Wildman–Crippen LogP) is 2.74. The van der Waals surface area contributed by atoms with Crippen LogP contribution in [0.1, 0.15) is 17.0 Å². The Morgan fingerprint density at radius 3 is 2.16 bits per heavy atom. The van der Waals surface area contributed by atoms with Gasteiger partial charge in [-0.1, -0.05) is 42.5 Å². The number of ketones is 1. The van der Waals surface area contributed by atoms with Crippen LogP contribution in [0.4, 0.5) is 0 Å². The lowest BCUT2D eigenvalue weighted by atomic mass is 9.79. The standard InChI is InChI=1S/C19H16O5S/c20-15-9-5-13(6-10-15)19(14-7-11-16(21)12-8-14)17-3-1-2-4-18(17)25(22,23)24/h1-13,19,21H,(H,22,23,24)/p-1/t19-/m0/s1. The summed E-state index contributed by atoms with van der Waals surface area (Å²) in [7, 11) is -4.66. The first-order chi connectivity index (χ1) is 11.9. The monoisotopic (exact) mass is 355 g/mol. The Kier molecular flexibility index (Phi) is 4.57. The van der Waals surface area contributed by atoms with E-state index >= 15 is 0 Å². The second kappa shape index (κ2) is 6.66. The zero-order valence-corrected chi connectivity index (χ0v) is 13.9. The van der Waals surface area contributed by atoms with Crippen molar-refractivity contribution in [2.45, 2.75) is 10.8 Å². The van der Waals surface area contributed by atoms with E-state index in [4.69, 9.17) is 0 Å². The normalized spacial score (nSPS) is 16.1. The van der Waals surface area contributed by atoms with Gasteiger partial charge in [0.25, 0.3) is 0 Å². The van der Waals surface area contributed by atoms with Gasteiger partial charge in [0.1, 0.15) is 15.9 Å². The van der Waals surface area contributed by atoms with Gasteiger partial charge in [-0.15, -0.1) is 0 Å². The molecule has 1 atom stereocenters. The number of allylic oxidation sites excluding steroid dienone is 4. The molecule has 0 heterocycles. The van der Waals surface area contributed by atoms with Crippen molar-refractivity contribution in [2.24, 2.45) is 5.92 Å². The molecule has 25 heavy (non-hydrogen) atoms. The average molecular weight is 355 g/mol. The van der Waals surface area contributed by atoms with Crippen molar-refractivity contribution in [3.05, 3.63) is 84.0 Å². The number of benzene rings is 2. The lowest BCUT2D eigenvalue weighted by Crippen LogP contribution is -2.17. The van der Waals surface area contributed by atoms with Crippen LogP contribution in [0.5, 0.6) is 5.75 Å². The zero-order chi connectivity index (χ0) is 18.0. The van der Waals surface area contributed by atoms with Crippen LogP contribution in [0.2, 0.25) is 0 Å². The largest absolute Gasteiger partial charge is 0.744 e. The molecule has 0 spiro atoms. The molecule has 0 aliphatic heterocycles. The minimum absolute atomic E-state index is 0.0807. The fourth-order valence-corrected chi connectivity index (χ4v) is 3.74. The first-order valence-corrected chi connectivity index (χ1v) is 9.01. The van der Waals surface area contributed by atoms with Gasteiger partial charge in [0.05, 0.1) is 4.90 Å². The molecule has 0 fully saturated rings. The molecule has 1 N–H and O–H groups in total. The van der Waals surface area contributed by atoms with E-state index in [1.807, 2.05) is 0 Å². The third-order valence-corrected chi connectivity index (χ3v) is 5.04. The maximum Gasteiger partial charge on any atom is 0.178 e. The molecule has 1 aliphatic rings. The van der Waals surface area contributed by atoms with E-state index < -0.39 is 16.0 Å². The summed E-state index contributed by atoms with van der Waals surface area (Å²) in [5.74, 6) is -0.853. The van der Waals surface area contributed by atoms with Crippen molar-refractivity contribution in [3.63, 3.8) is 0 Å². The van der Waals surface area contributed by atoms with E-state index in [9.17, 15) is 22.9 Å². The Morgan fingerprint density at radius 2 is 1.56 bits per heavy atom. The number of phenols is 1. The van der Waals surface area contributed by atoms with E-state index in [1.54, 1.807) is 36.4 Å². The Morgan fingerprint density at radius 1 is 0.960 bits per heavy atom. The van der Waals surface area contributed by atoms with E-state index in [1.165, 1.54) is 36.4 Å². The van der Waals surface area contributed by atoms with Crippen molar-refractivity contribution in [3.8, 4) is 5.75 Å². The number of aromatic hydroxyl groups is 1. The van der Waals surface area contributed by atoms with E-state index in [-0.39, 0.29) is 22.3 Å². The smallest absolute Gasteiger partial charge is 0.178 e. The average Bonchev–Trinajstić information content (AvgIpc) is 2.58. The van der Waals surface area contributed by atoms with Crippen LogP contribution in [-0.4, -0.2) is 23.9 Å². The molecular formula is C19H15O5S-. The summed E-state index contributed by atoms with van der Waals surface area (Å²) in [6.45, 7) is 0. The quantitative estimate of drug-likeness (QED) is 0.851. The molecule has 0 radical (unpaired) electrons. The molecule has 0 amide bonds. The number of carbonyl (C=O) groups excluding carboxylic acids is 1. The maximum atomic E-state index is 11.7. The summed E-state index contributed by atoms with van der Waals surface area (Å²) >= 11 is 0. The summed E-state index contributed by atoms with van der Waals surface area (Å²) in [5.41, 5.74) is 1.08. The van der Waals surface area contributed by atoms with Crippen molar-refractivity contribution in [1.82, 2.24) is 0 Å². The van der Waals surface area contributed by atoms with Gasteiger partial charge in [0.2, 0.25) is 0 Å². The molecule has 0 bridgehead atoms. The third-order valence-electron chi connectivity index (χ3n) is 4.13. The summed E-state index contributed by atoms with van der Waals surface area (Å²) in [6.07, 6.45) is 6.22. The van der Waals surface area contributed by atoms with Gasteiger partial charge in [0, 0.05) is 11.8 Å². The topological polar surface area (TPSA) is 94.5 Å². The highest BCUT2D eigenvalue weighted by molar-refractivity contribution is 7.85. The molecule has 0 saturated heterocycles. The Balaban J connectivity index is 2.19. The second-order valence-electron chi connectivity index (χ2n) is 5.76. The fourth-order valence-electron chi connectivity index (χ4n) is 3.01. The summed E-state index contributed by atoms with van der Waals surface area (Å²) in [6, 6.07) is 12.4. The Bertz CT molecular complexity index is 940. The van der Waals surface area contributed by atoms with Gasteiger partial charge in [-0.05, 0) is 41.5 Å². The van der Waals surface area contributed by atoms with Gasteiger partial charge >= 0.3 is 0 Å². The van der Waals surface area contributed by atoms with Crippen LogP contribution in [0, 0.1) is 5.92 Å². The van der Waals surface area contributed by atoms with E-state index in [2.05, 4.69) is 0 Å². The van der Waals surface area contributed by atoms with Gasteiger partial charge in [-0.2, -0.15) is 0 Å². The van der Waals surface area contributed by atoms with Crippen LogP contribution in [0.15, 0.2) is 77.7 Å². The SMILES string of the molecule is O=C1C=CC([C@@H](c2ccc(O)cc2)c2ccccc2S(=O)(=O)[O-])C=C1. The van der Waals surface area contributed by atoms with Gasteiger partial charge in [-0.25, -0.2) is 8.42 Å². The first-order valence-electron chi connectivity index (χ1n) is 7.60. The molecule has 3 rings (SSSR count). The predicted molar refractivity (Wildman–Crippen MR) is 91.1 cm³/mol. The molecule has 0 saturated carbocycles. The number of rotatable bonds is 4. The third kappa shape index (κ3) is 3.70. The van der Waals surface area contributed by atoms with Crippen LogP contribution >= 0.6 is 0 Å². The van der Waals surface area contributed by atoms with Crippen LogP contribution in [0.3, 0.4) is 0 Å². The molecule has 0 aromatic heterocycles. The van der Waals surface area contributed by atoms with Crippen molar-refractivity contribution >= 4 is 15.9 Å². The molecule has 0 unspecified atom stereocenters. The minimum atomic E-state index is -4.66. The molecular weight excluding hydrogens is 340 g/mol. The molecule has 128 valence electrons. The highest BCUT2D eigenvalue weighted by atomic mass is 32.2. The summed E-state index contributed by atoms with van der Waals surface area (Å²) in [5, 5.41) is 9.52. The number of hydrogen-bond donors (Lipinski definition) is 1. The minimum Gasteiger partial charge on any atom is -0.744 e. The second-order valence-corrected chi connectivity index (χ2v) is 7.11. The highest BCUT2D eigenvalue weighted by Crippen LogP contribution is 2.38. The summed E-state index contributed by atoms with van der Waals surface area (Å²) in [4.78, 5) is 11.1. The van der Waals surface area contributed by atoms with Gasteiger partial charge in [-0.3, -0.25) is 4.79 Å². The molecule has 6 heteroatoms. The van der Waals surface area contributed by atoms with Gasteiger partial charge < -0.3 is 9.66 Å². The fraction of sp³-hybridized carbons (Fsp3) is 0.105. The highest BCUT2D eigenvalue weighted by Gasteiger charge is 2.26. The van der Waals surface area contributed by atoms with Crippen LogP contribution in [-0.2, 0) is 14.9 Å². The summed E-state index contributed by atoms with van der Waals surface area (Å²) < 4.78 is 35.1. The molecule has 2 aromatic rings. The molecule has 1 aliphatic carbocycles. The first kappa shape index (κ1) is 17.1. The van der Waals surface area contributed by atoms with Crippen molar-refractivity contribution in [1.29, 1.82) is 0 Å². The van der Waals surface area contributed by atoms with E-state index in [0.717, 1.165) is 5.56 Å². The van der Waals surface area contributed by atoms with Crippen LogP contribution in [0.25, 0.3) is 0 Å². The van der Waals surface area contributed by atoms with Crippen molar-refractivity contribution in [2.75, 3.05) is 0 Å². The van der Waals surface area contributed by atoms with Gasteiger partial charge in [0.15, 0.2) is 5.78 Å². The lowest BCUT2D eigenvalue weighted by molar-refractivity contribution is -0.110. The van der Waals surface area contributed by atoms with Crippen molar-refractivity contribution < 1.29 is 22.9 Å². The number of hydrogen-bond acceptors (Lipinski definition) is 5. The maximum absolute atomic E-state index is 11.7. The number of carbonyl (C=O) groups is 1. The molecule has 2 aromatic carbocycles. The number of phenolic OH excluding ortho intramolecular Hbond substituents is 1. The Hall–Kier alpha value is -2.70.